The van der Waals surface area contributed by atoms with Crippen molar-refractivity contribution in [3.63, 3.8) is 0 Å². The first-order valence-electron chi connectivity index (χ1n) is 10.7. The Morgan fingerprint density at radius 2 is 1.94 bits per heavy atom. The molecule has 4 rings (SSSR count). The maximum Gasteiger partial charge on any atom is 0.274 e. The molecule has 174 valence electrons. The summed E-state index contributed by atoms with van der Waals surface area (Å²) in [6.45, 7) is 5.02. The summed E-state index contributed by atoms with van der Waals surface area (Å²) >= 11 is 1.28. The van der Waals surface area contributed by atoms with Gasteiger partial charge in [0, 0.05) is 19.2 Å². The highest BCUT2D eigenvalue weighted by Crippen LogP contribution is 2.37. The summed E-state index contributed by atoms with van der Waals surface area (Å²) in [5, 5.41) is 3.82. The highest BCUT2D eigenvalue weighted by molar-refractivity contribution is 7.15. The molecule has 5 nitrogen and oxygen atoms in total. The smallest absolute Gasteiger partial charge is 0.274 e. The molecule has 0 aliphatic carbocycles. The molecular weight excluding hydrogens is 449 g/mol. The molecular formula is C24H25F3N4OS. The third-order valence-electron chi connectivity index (χ3n) is 5.79. The van der Waals surface area contributed by atoms with E-state index in [-0.39, 0.29) is 18.7 Å². The number of carbonyl (C=O) groups excluding carboxylic acids is 1. The summed E-state index contributed by atoms with van der Waals surface area (Å²) in [6, 6.07) is 8.99. The number of aryl methyl sites for hydroxylation is 2. The van der Waals surface area contributed by atoms with E-state index in [1.807, 2.05) is 19.1 Å². The van der Waals surface area contributed by atoms with Gasteiger partial charge in [0.1, 0.15) is 17.3 Å². The third kappa shape index (κ3) is 5.19. The van der Waals surface area contributed by atoms with Crippen LogP contribution < -0.4 is 5.32 Å². The molecule has 1 fully saturated rings. The molecule has 3 heterocycles. The summed E-state index contributed by atoms with van der Waals surface area (Å²) < 4.78 is 42.5. The van der Waals surface area contributed by atoms with Gasteiger partial charge in [0.2, 0.25) is 0 Å². The lowest BCUT2D eigenvalue weighted by molar-refractivity contribution is -0.0898. The number of aromatic nitrogens is 2. The molecule has 0 bridgehead atoms. The highest BCUT2D eigenvalue weighted by Gasteiger charge is 2.46. The van der Waals surface area contributed by atoms with Gasteiger partial charge in [-0.1, -0.05) is 25.1 Å². The van der Waals surface area contributed by atoms with Crippen LogP contribution in [0.15, 0.2) is 42.6 Å². The number of alkyl halides is 2. The number of nitrogens with zero attached hydrogens (tertiary/aromatic N) is 3. The summed E-state index contributed by atoms with van der Waals surface area (Å²) in [6.07, 6.45) is 1.42. The van der Waals surface area contributed by atoms with Crippen LogP contribution in [0, 0.1) is 25.6 Å². The number of pyridine rings is 1. The Morgan fingerprint density at radius 1 is 1.21 bits per heavy atom. The molecule has 1 amide bonds. The van der Waals surface area contributed by atoms with E-state index in [2.05, 4.69) is 15.3 Å². The minimum absolute atomic E-state index is 0.118. The lowest BCUT2D eigenvalue weighted by Crippen LogP contribution is -2.57. The van der Waals surface area contributed by atoms with E-state index in [4.69, 9.17) is 0 Å². The number of likely N-dealkylation sites (tertiary alicyclic amines) is 1. The van der Waals surface area contributed by atoms with Crippen molar-refractivity contribution in [2.45, 2.75) is 39.2 Å². The quantitative estimate of drug-likeness (QED) is 0.526. The van der Waals surface area contributed by atoms with Crippen LogP contribution in [0.5, 0.6) is 0 Å². The predicted octanol–water partition coefficient (Wildman–Crippen LogP) is 5.56. The van der Waals surface area contributed by atoms with Crippen LogP contribution >= 0.6 is 11.3 Å². The van der Waals surface area contributed by atoms with E-state index in [0.29, 0.717) is 21.3 Å². The Kier molecular flexibility index (Phi) is 6.43. The third-order valence-corrected chi connectivity index (χ3v) is 6.81. The molecule has 0 spiro atoms. The molecule has 0 radical (unpaired) electrons. The Balaban J connectivity index is 1.64. The number of nitrogens with one attached hydrogen (secondary N) is 1. The standard InChI is InChI=1S/C24H25F3N4OS/c1-14-4-9-20(28-11-14)29-12-19-15(2)10-24(26,27)13-31(19)23(32)21-22(33-16(3)30-21)17-5-7-18(25)8-6-17/h4-9,11,15,19H,10,12-13H2,1-3H3,(H,28,29)/t15-,19?/m1/s1. The first-order valence-corrected chi connectivity index (χ1v) is 11.5. The highest BCUT2D eigenvalue weighted by atomic mass is 32.1. The fraction of sp³-hybridized carbons (Fsp3) is 0.375. The van der Waals surface area contributed by atoms with E-state index >= 15 is 0 Å². The van der Waals surface area contributed by atoms with Gasteiger partial charge >= 0.3 is 0 Å². The van der Waals surface area contributed by atoms with Crippen LogP contribution in [0.4, 0.5) is 19.0 Å². The van der Waals surface area contributed by atoms with Crippen molar-refractivity contribution in [2.75, 3.05) is 18.4 Å². The van der Waals surface area contributed by atoms with E-state index in [1.165, 1.54) is 28.4 Å². The van der Waals surface area contributed by atoms with Gasteiger partial charge in [0.15, 0.2) is 0 Å². The lowest BCUT2D eigenvalue weighted by Gasteiger charge is -2.43. The number of thiazole rings is 1. The molecule has 1 aromatic carbocycles. The normalized spacial score (nSPS) is 20.0. The monoisotopic (exact) mass is 474 g/mol. The van der Waals surface area contributed by atoms with Gasteiger partial charge in [-0.25, -0.2) is 23.1 Å². The lowest BCUT2D eigenvalue weighted by atomic mass is 9.88. The SMILES string of the molecule is Cc1ccc(NCC2[C@H](C)CC(F)(F)CN2C(=O)c2nc(C)sc2-c2ccc(F)cc2)nc1. The average molecular weight is 475 g/mol. The number of rotatable bonds is 5. The Bertz CT molecular complexity index is 1130. The number of halogens is 3. The molecule has 1 N–H and O–H groups in total. The number of anilines is 1. The minimum Gasteiger partial charge on any atom is -0.368 e. The Hall–Kier alpha value is -2.94. The van der Waals surface area contributed by atoms with E-state index < -0.39 is 36.2 Å². The van der Waals surface area contributed by atoms with E-state index in [0.717, 1.165) is 5.56 Å². The first kappa shape index (κ1) is 23.2. The summed E-state index contributed by atoms with van der Waals surface area (Å²) in [5.74, 6) is -3.75. The van der Waals surface area contributed by atoms with Crippen LogP contribution in [0.2, 0.25) is 0 Å². The number of hydrogen-bond acceptors (Lipinski definition) is 5. The Labute approximate surface area is 194 Å². The maximum atomic E-state index is 14.5. The number of benzene rings is 1. The molecule has 1 saturated heterocycles. The van der Waals surface area contributed by atoms with E-state index in [1.54, 1.807) is 32.2 Å². The second-order valence-electron chi connectivity index (χ2n) is 8.56. The number of amides is 1. The molecule has 2 aromatic heterocycles. The van der Waals surface area contributed by atoms with Crippen LogP contribution in [-0.4, -0.2) is 45.8 Å². The zero-order valence-electron chi connectivity index (χ0n) is 18.6. The van der Waals surface area contributed by atoms with E-state index in [9.17, 15) is 18.0 Å². The predicted molar refractivity (Wildman–Crippen MR) is 123 cm³/mol. The molecule has 1 aliphatic rings. The molecule has 0 saturated carbocycles. The average Bonchev–Trinajstić information content (AvgIpc) is 3.15. The zero-order valence-corrected chi connectivity index (χ0v) is 19.4. The number of hydrogen-bond donors (Lipinski definition) is 1. The van der Waals surface area contributed by atoms with Crippen molar-refractivity contribution in [3.8, 4) is 10.4 Å². The van der Waals surface area contributed by atoms with Gasteiger partial charge in [0.05, 0.1) is 22.5 Å². The van der Waals surface area contributed by atoms with Crippen LogP contribution in [-0.2, 0) is 0 Å². The van der Waals surface area contributed by atoms with Gasteiger partial charge in [0.25, 0.3) is 11.8 Å². The summed E-state index contributed by atoms with van der Waals surface area (Å²) in [7, 11) is 0. The topological polar surface area (TPSA) is 58.1 Å². The number of piperidine rings is 1. The first-order chi connectivity index (χ1) is 15.6. The van der Waals surface area contributed by atoms with Gasteiger partial charge in [-0.05, 0) is 49.1 Å². The minimum atomic E-state index is -2.99. The Morgan fingerprint density at radius 3 is 2.61 bits per heavy atom. The van der Waals surface area contributed by atoms with Crippen molar-refractivity contribution in [1.29, 1.82) is 0 Å². The fourth-order valence-corrected chi connectivity index (χ4v) is 5.08. The second-order valence-corrected chi connectivity index (χ2v) is 9.76. The molecule has 2 atom stereocenters. The van der Waals surface area contributed by atoms with Crippen LogP contribution in [0.3, 0.4) is 0 Å². The van der Waals surface area contributed by atoms with Crippen molar-refractivity contribution in [3.05, 3.63) is 64.7 Å². The van der Waals surface area contributed by atoms with Crippen LogP contribution in [0.25, 0.3) is 10.4 Å². The maximum absolute atomic E-state index is 14.5. The summed E-state index contributed by atoms with van der Waals surface area (Å²) in [4.78, 5) is 24.1. The largest absolute Gasteiger partial charge is 0.368 e. The van der Waals surface area contributed by atoms with Gasteiger partial charge in [-0.15, -0.1) is 11.3 Å². The van der Waals surface area contributed by atoms with Crippen molar-refractivity contribution >= 4 is 23.1 Å². The summed E-state index contributed by atoms with van der Waals surface area (Å²) in [5.41, 5.74) is 1.75. The second kappa shape index (κ2) is 9.13. The number of carbonyl (C=O) groups is 1. The van der Waals surface area contributed by atoms with Crippen molar-refractivity contribution in [2.24, 2.45) is 5.92 Å². The van der Waals surface area contributed by atoms with Gasteiger partial charge in [-0.3, -0.25) is 4.79 Å². The molecule has 1 aliphatic heterocycles. The van der Waals surface area contributed by atoms with Crippen LogP contribution in [0.1, 0.15) is 34.4 Å². The van der Waals surface area contributed by atoms with Crippen molar-refractivity contribution < 1.29 is 18.0 Å². The molecule has 9 heteroatoms. The van der Waals surface area contributed by atoms with Gasteiger partial charge in [-0.2, -0.15) is 0 Å². The molecule has 1 unspecified atom stereocenters. The fourth-order valence-electron chi connectivity index (χ4n) is 4.17. The zero-order chi connectivity index (χ0) is 23.8. The molecule has 33 heavy (non-hydrogen) atoms. The molecule has 3 aromatic rings. The van der Waals surface area contributed by atoms with Crippen molar-refractivity contribution in [1.82, 2.24) is 14.9 Å². The van der Waals surface area contributed by atoms with Gasteiger partial charge < -0.3 is 10.2 Å².